The molecule has 1 N–H and O–H groups in total. The van der Waals surface area contributed by atoms with Gasteiger partial charge in [-0.25, -0.2) is 13.2 Å². The minimum absolute atomic E-state index is 0.154. The number of benzene rings is 2. The summed E-state index contributed by atoms with van der Waals surface area (Å²) in [6.07, 6.45) is 0. The minimum Gasteiger partial charge on any atom is -0.478 e. The standard InChI is InChI=1S/C16H15NO4S/c1-3-17-15-10(2)8-11(16(18)19)9-13(15)12-6-4-5-7-14(12)22(17,20)21/h4-9H,3H2,1-2H3,(H,18,19). The summed E-state index contributed by atoms with van der Waals surface area (Å²) in [4.78, 5) is 11.5. The number of carboxylic acid groups (broad SMARTS) is 1. The summed E-state index contributed by atoms with van der Waals surface area (Å²) >= 11 is 0. The Morgan fingerprint density at radius 2 is 1.86 bits per heavy atom. The maximum Gasteiger partial charge on any atom is 0.335 e. The fraction of sp³-hybridized carbons (Fsp3) is 0.188. The summed E-state index contributed by atoms with van der Waals surface area (Å²) in [5.41, 5.74) is 2.54. The molecule has 0 saturated carbocycles. The van der Waals surface area contributed by atoms with E-state index in [1.807, 2.05) is 0 Å². The van der Waals surface area contributed by atoms with Crippen LogP contribution in [0.5, 0.6) is 0 Å². The molecule has 6 heteroatoms. The van der Waals surface area contributed by atoms with Crippen LogP contribution in [0.15, 0.2) is 41.3 Å². The van der Waals surface area contributed by atoms with E-state index >= 15 is 0 Å². The summed E-state index contributed by atoms with van der Waals surface area (Å²) in [6.45, 7) is 3.79. The Labute approximate surface area is 128 Å². The smallest absolute Gasteiger partial charge is 0.335 e. The second-order valence-electron chi connectivity index (χ2n) is 5.16. The maximum atomic E-state index is 12.8. The van der Waals surface area contributed by atoms with Crippen molar-refractivity contribution in [3.05, 3.63) is 47.5 Å². The van der Waals surface area contributed by atoms with Crippen LogP contribution in [0.2, 0.25) is 0 Å². The lowest BCUT2D eigenvalue weighted by molar-refractivity contribution is 0.0697. The molecule has 0 bridgehead atoms. The van der Waals surface area contributed by atoms with Crippen LogP contribution >= 0.6 is 0 Å². The van der Waals surface area contributed by atoms with Crippen LogP contribution in [0.3, 0.4) is 0 Å². The number of nitrogens with zero attached hydrogens (tertiary/aromatic N) is 1. The van der Waals surface area contributed by atoms with Gasteiger partial charge in [0.05, 0.1) is 16.1 Å². The van der Waals surface area contributed by atoms with Gasteiger partial charge in [-0.05, 0) is 37.6 Å². The normalized spacial score (nSPS) is 15.1. The molecule has 1 aliphatic rings. The zero-order chi connectivity index (χ0) is 16.1. The van der Waals surface area contributed by atoms with Crippen LogP contribution in [-0.2, 0) is 10.0 Å². The van der Waals surface area contributed by atoms with Crippen LogP contribution < -0.4 is 4.31 Å². The van der Waals surface area contributed by atoms with Crippen molar-refractivity contribution < 1.29 is 18.3 Å². The Kier molecular flexibility index (Phi) is 3.21. The molecule has 114 valence electrons. The number of anilines is 1. The maximum absolute atomic E-state index is 12.8. The Balaban J connectivity index is 2.45. The van der Waals surface area contributed by atoms with Gasteiger partial charge >= 0.3 is 5.97 Å². The van der Waals surface area contributed by atoms with Crippen molar-refractivity contribution >= 4 is 21.7 Å². The van der Waals surface area contributed by atoms with E-state index in [9.17, 15) is 18.3 Å². The van der Waals surface area contributed by atoms with Crippen molar-refractivity contribution in [2.75, 3.05) is 10.8 Å². The van der Waals surface area contributed by atoms with Crippen molar-refractivity contribution in [2.45, 2.75) is 18.7 Å². The quantitative estimate of drug-likeness (QED) is 0.924. The highest BCUT2D eigenvalue weighted by molar-refractivity contribution is 7.93. The highest BCUT2D eigenvalue weighted by atomic mass is 32.2. The molecule has 0 unspecified atom stereocenters. The number of carboxylic acids is 1. The molecular weight excluding hydrogens is 302 g/mol. The van der Waals surface area contributed by atoms with Crippen LogP contribution in [0.4, 0.5) is 5.69 Å². The van der Waals surface area contributed by atoms with E-state index in [-0.39, 0.29) is 17.0 Å². The Bertz CT molecular complexity index is 887. The first-order valence-corrected chi connectivity index (χ1v) is 8.32. The molecule has 22 heavy (non-hydrogen) atoms. The van der Waals surface area contributed by atoms with Gasteiger partial charge in [-0.15, -0.1) is 0 Å². The second-order valence-corrected chi connectivity index (χ2v) is 6.99. The van der Waals surface area contributed by atoms with E-state index in [0.717, 1.165) is 0 Å². The molecule has 2 aromatic carbocycles. The number of rotatable bonds is 2. The summed E-state index contributed by atoms with van der Waals surface area (Å²) in [5, 5.41) is 9.25. The van der Waals surface area contributed by atoms with E-state index in [1.165, 1.54) is 10.4 Å². The van der Waals surface area contributed by atoms with E-state index in [2.05, 4.69) is 0 Å². The predicted molar refractivity (Wildman–Crippen MR) is 83.8 cm³/mol. The van der Waals surface area contributed by atoms with Gasteiger partial charge in [0, 0.05) is 17.7 Å². The minimum atomic E-state index is -3.62. The van der Waals surface area contributed by atoms with E-state index in [4.69, 9.17) is 0 Å². The lowest BCUT2D eigenvalue weighted by Crippen LogP contribution is -2.34. The molecule has 0 aliphatic carbocycles. The van der Waals surface area contributed by atoms with Crippen LogP contribution in [-0.4, -0.2) is 26.0 Å². The van der Waals surface area contributed by atoms with Crippen molar-refractivity contribution in [3.63, 3.8) is 0 Å². The van der Waals surface area contributed by atoms with Crippen LogP contribution in [0, 0.1) is 6.92 Å². The SMILES string of the molecule is CCN1c2c(C)cc(C(=O)O)cc2-c2ccccc2S1(=O)=O. The molecule has 0 radical (unpaired) electrons. The van der Waals surface area contributed by atoms with Crippen LogP contribution in [0.1, 0.15) is 22.8 Å². The van der Waals surface area contributed by atoms with Crippen molar-refractivity contribution in [1.82, 2.24) is 0 Å². The Morgan fingerprint density at radius 3 is 2.50 bits per heavy atom. The molecule has 5 nitrogen and oxygen atoms in total. The fourth-order valence-corrected chi connectivity index (χ4v) is 4.69. The number of aromatic carboxylic acids is 1. The van der Waals surface area contributed by atoms with Gasteiger partial charge in [-0.1, -0.05) is 18.2 Å². The van der Waals surface area contributed by atoms with Gasteiger partial charge in [0.1, 0.15) is 0 Å². The lowest BCUT2D eigenvalue weighted by atomic mass is 9.97. The highest BCUT2D eigenvalue weighted by Gasteiger charge is 2.35. The number of hydrogen-bond acceptors (Lipinski definition) is 3. The van der Waals surface area contributed by atoms with E-state index in [0.29, 0.717) is 22.4 Å². The van der Waals surface area contributed by atoms with Crippen molar-refractivity contribution in [3.8, 4) is 11.1 Å². The molecule has 3 rings (SSSR count). The molecule has 0 fully saturated rings. The monoisotopic (exact) mass is 317 g/mol. The average Bonchev–Trinajstić information content (AvgIpc) is 2.48. The first-order chi connectivity index (χ1) is 10.4. The number of hydrogen-bond donors (Lipinski definition) is 1. The van der Waals surface area contributed by atoms with Gasteiger partial charge in [0.2, 0.25) is 0 Å². The van der Waals surface area contributed by atoms with Crippen LogP contribution in [0.25, 0.3) is 11.1 Å². The molecule has 0 amide bonds. The summed E-state index contributed by atoms with van der Waals surface area (Å²) in [5.74, 6) is -1.03. The molecule has 0 atom stereocenters. The molecule has 0 saturated heterocycles. The molecule has 1 heterocycles. The van der Waals surface area contributed by atoms with Gasteiger partial charge in [-0.2, -0.15) is 0 Å². The second kappa shape index (κ2) is 4.84. The molecule has 1 aliphatic heterocycles. The fourth-order valence-electron chi connectivity index (χ4n) is 2.92. The number of sulfonamides is 1. The van der Waals surface area contributed by atoms with Gasteiger partial charge in [0.25, 0.3) is 10.0 Å². The number of aryl methyl sites for hydroxylation is 1. The Hall–Kier alpha value is -2.34. The van der Waals surface area contributed by atoms with Crippen molar-refractivity contribution in [2.24, 2.45) is 0 Å². The lowest BCUT2D eigenvalue weighted by Gasteiger charge is -2.32. The first kappa shape index (κ1) is 14.6. The van der Waals surface area contributed by atoms with E-state index < -0.39 is 16.0 Å². The summed E-state index contributed by atoms with van der Waals surface area (Å²) in [6, 6.07) is 9.74. The third-order valence-corrected chi connectivity index (χ3v) is 5.76. The molecule has 0 spiro atoms. The molecular formula is C16H15NO4S. The Morgan fingerprint density at radius 1 is 1.18 bits per heavy atom. The summed E-state index contributed by atoms with van der Waals surface area (Å²) < 4.78 is 26.9. The first-order valence-electron chi connectivity index (χ1n) is 6.88. The topological polar surface area (TPSA) is 74.7 Å². The summed E-state index contributed by atoms with van der Waals surface area (Å²) in [7, 11) is -3.62. The average molecular weight is 317 g/mol. The van der Waals surface area contributed by atoms with Gasteiger partial charge < -0.3 is 5.11 Å². The van der Waals surface area contributed by atoms with E-state index in [1.54, 1.807) is 44.2 Å². The molecule has 2 aromatic rings. The molecule has 0 aromatic heterocycles. The third kappa shape index (κ3) is 1.91. The highest BCUT2D eigenvalue weighted by Crippen LogP contribution is 2.44. The van der Waals surface area contributed by atoms with Gasteiger partial charge in [0.15, 0.2) is 0 Å². The predicted octanol–water partition coefficient (Wildman–Crippen LogP) is 2.89. The number of carbonyl (C=O) groups is 1. The zero-order valence-electron chi connectivity index (χ0n) is 12.2. The third-order valence-electron chi connectivity index (χ3n) is 3.83. The largest absolute Gasteiger partial charge is 0.478 e. The van der Waals surface area contributed by atoms with Gasteiger partial charge in [-0.3, -0.25) is 4.31 Å². The zero-order valence-corrected chi connectivity index (χ0v) is 13.0. The number of fused-ring (bicyclic) bond motifs is 3. The van der Waals surface area contributed by atoms with Crippen molar-refractivity contribution in [1.29, 1.82) is 0 Å².